The van der Waals surface area contributed by atoms with E-state index in [4.69, 9.17) is 3.07 Å². The zero-order chi connectivity index (χ0) is 18.1. The summed E-state index contributed by atoms with van der Waals surface area (Å²) in [7, 11) is 0. The molecule has 0 saturated heterocycles. The molecule has 0 fully saturated rings. The maximum absolute atomic E-state index is 12.5. The molecule has 0 atom stereocenters. The third kappa shape index (κ3) is 12.6. The van der Waals surface area contributed by atoms with Crippen LogP contribution in [-0.4, -0.2) is 24.8 Å². The first-order valence-corrected chi connectivity index (χ1v) is 18.1. The van der Waals surface area contributed by atoms with Gasteiger partial charge >= 0.3 is 157 Å². The van der Waals surface area contributed by atoms with Gasteiger partial charge in [0.05, 0.1) is 0 Å². The molecule has 0 aliphatic heterocycles. The van der Waals surface area contributed by atoms with Crippen LogP contribution in [0.15, 0.2) is 0 Å². The molecule has 0 aliphatic carbocycles. The fraction of sp³-hybridized carbons (Fsp3) is 0.952. The first-order valence-electron chi connectivity index (χ1n) is 10.9. The summed E-state index contributed by atoms with van der Waals surface area (Å²) in [6.45, 7) is 9.02. The van der Waals surface area contributed by atoms with E-state index >= 15 is 0 Å². The molecule has 2 nitrogen and oxygen atoms in total. The van der Waals surface area contributed by atoms with Gasteiger partial charge in [-0.1, -0.05) is 0 Å². The van der Waals surface area contributed by atoms with Crippen molar-refractivity contribution < 1.29 is 7.87 Å². The topological polar surface area (TPSA) is 26.3 Å². The molecule has 0 unspecified atom stereocenters. The molecule has 0 aliphatic rings. The average Bonchev–Trinajstić information content (AvgIpc) is 2.59. The number of hydrogen-bond acceptors (Lipinski definition) is 2. The Morgan fingerprint density at radius 2 is 1.04 bits per heavy atom. The molecule has 0 saturated carbocycles. The second-order valence-corrected chi connectivity index (χ2v) is 19.1. The summed E-state index contributed by atoms with van der Waals surface area (Å²) in [5, 5.41) is 0. The van der Waals surface area contributed by atoms with Crippen LogP contribution >= 0.6 is 0 Å². The molecule has 0 spiro atoms. The minimum atomic E-state index is -2.71. The molecule has 0 bridgehead atoms. The molecule has 0 N–H and O–H groups in total. The van der Waals surface area contributed by atoms with Gasteiger partial charge in [-0.15, -0.1) is 0 Å². The summed E-state index contributed by atoms with van der Waals surface area (Å²) >= 11 is -2.71. The third-order valence-electron chi connectivity index (χ3n) is 5.02. The molecule has 0 aromatic heterocycles. The second kappa shape index (κ2) is 16.7. The van der Waals surface area contributed by atoms with Gasteiger partial charge in [0, 0.05) is 0 Å². The number of unbranched alkanes of at least 4 members (excludes halogenated alkanes) is 8. The Hall–Kier alpha value is 0.269. The van der Waals surface area contributed by atoms with Crippen LogP contribution in [0.1, 0.15) is 111 Å². The van der Waals surface area contributed by atoms with Crippen molar-refractivity contribution >= 4 is 24.8 Å². The molecule has 0 heterocycles. The fourth-order valence-corrected chi connectivity index (χ4v) is 16.6. The van der Waals surface area contributed by atoms with Gasteiger partial charge in [-0.05, 0) is 0 Å². The third-order valence-corrected chi connectivity index (χ3v) is 17.7. The van der Waals surface area contributed by atoms with Crippen LogP contribution in [0.2, 0.25) is 13.3 Å². The van der Waals surface area contributed by atoms with Crippen LogP contribution in [0.3, 0.4) is 0 Å². The van der Waals surface area contributed by atoms with Gasteiger partial charge in [0.1, 0.15) is 0 Å². The molecule has 0 radical (unpaired) electrons. The van der Waals surface area contributed by atoms with Gasteiger partial charge in [-0.3, -0.25) is 0 Å². The van der Waals surface area contributed by atoms with E-state index in [0.29, 0.717) is 6.42 Å². The summed E-state index contributed by atoms with van der Waals surface area (Å²) in [6, 6.07) is 0. The molecule has 0 aromatic carbocycles. The van der Waals surface area contributed by atoms with Gasteiger partial charge in [0.2, 0.25) is 0 Å². The molecular weight excluding hydrogens is 403 g/mol. The minimum absolute atomic E-state index is 0.143. The van der Waals surface area contributed by atoms with Crippen molar-refractivity contribution in [3.63, 3.8) is 0 Å². The SMILES string of the molecule is CCCCCCCCC(=O)[O][Sn]([CH2]CCC)([CH2]CCC)[CH2]CCC. The predicted octanol–water partition coefficient (Wildman–Crippen LogP) is 7.63. The summed E-state index contributed by atoms with van der Waals surface area (Å²) in [5.74, 6) is 0.143. The molecule has 0 amide bonds. The van der Waals surface area contributed by atoms with Crippen molar-refractivity contribution in [3.8, 4) is 0 Å². The van der Waals surface area contributed by atoms with E-state index < -0.39 is 18.8 Å². The van der Waals surface area contributed by atoms with E-state index in [-0.39, 0.29) is 5.97 Å². The normalized spacial score (nSPS) is 11.7. The standard InChI is InChI=1S/C9H18O2.3C4H9.Sn/c1-2-3-4-5-6-7-8-9(10)11;3*1-3-4-2;/h2-8H2,1H3,(H,10,11);3*1,3-4H2,2H3;/q;;;;+1/p-1. The van der Waals surface area contributed by atoms with E-state index in [9.17, 15) is 4.79 Å². The summed E-state index contributed by atoms with van der Waals surface area (Å²) < 4.78 is 10.1. The molecule has 0 rings (SSSR count). The van der Waals surface area contributed by atoms with Crippen molar-refractivity contribution in [2.75, 3.05) is 0 Å². The molecule has 3 heteroatoms. The van der Waals surface area contributed by atoms with Gasteiger partial charge in [-0.2, -0.15) is 0 Å². The summed E-state index contributed by atoms with van der Waals surface area (Å²) in [6.07, 6.45) is 15.5. The second-order valence-electron chi connectivity index (χ2n) is 7.49. The Bertz CT molecular complexity index is 270. The van der Waals surface area contributed by atoms with Crippen molar-refractivity contribution in [3.05, 3.63) is 0 Å². The predicted molar refractivity (Wildman–Crippen MR) is 109 cm³/mol. The maximum atomic E-state index is 12.5. The van der Waals surface area contributed by atoms with Crippen LogP contribution < -0.4 is 0 Å². The Kier molecular flexibility index (Phi) is 16.9. The zero-order valence-corrected chi connectivity index (χ0v) is 20.0. The number of rotatable bonds is 17. The first-order chi connectivity index (χ1) is 11.6. The first kappa shape index (κ1) is 24.3. The van der Waals surface area contributed by atoms with Crippen LogP contribution in [0, 0.1) is 0 Å². The molecule has 0 aromatic rings. The van der Waals surface area contributed by atoms with E-state index in [2.05, 4.69) is 27.7 Å². The Morgan fingerprint density at radius 3 is 1.50 bits per heavy atom. The summed E-state index contributed by atoms with van der Waals surface area (Å²) in [5.41, 5.74) is 0. The number of carbonyl (C=O) groups excluding carboxylic acids is 1. The van der Waals surface area contributed by atoms with E-state index in [1.807, 2.05) is 0 Å². The molecule has 24 heavy (non-hydrogen) atoms. The van der Waals surface area contributed by atoms with Crippen LogP contribution in [0.4, 0.5) is 0 Å². The van der Waals surface area contributed by atoms with Gasteiger partial charge in [0.15, 0.2) is 0 Å². The van der Waals surface area contributed by atoms with Crippen LogP contribution in [0.25, 0.3) is 0 Å². The van der Waals surface area contributed by atoms with Gasteiger partial charge < -0.3 is 0 Å². The Labute approximate surface area is 156 Å². The van der Waals surface area contributed by atoms with Crippen LogP contribution in [-0.2, 0) is 7.87 Å². The van der Waals surface area contributed by atoms with E-state index in [0.717, 1.165) is 6.42 Å². The number of carbonyl (C=O) groups is 1. The van der Waals surface area contributed by atoms with Crippen molar-refractivity contribution in [2.24, 2.45) is 0 Å². The van der Waals surface area contributed by atoms with Crippen LogP contribution in [0.5, 0.6) is 0 Å². The van der Waals surface area contributed by atoms with Crippen molar-refractivity contribution in [1.29, 1.82) is 0 Å². The van der Waals surface area contributed by atoms with E-state index in [1.54, 1.807) is 0 Å². The fourth-order valence-electron chi connectivity index (χ4n) is 3.37. The Morgan fingerprint density at radius 1 is 0.625 bits per heavy atom. The Balaban J connectivity index is 4.43. The van der Waals surface area contributed by atoms with E-state index in [1.165, 1.54) is 83.9 Å². The average molecular weight is 447 g/mol. The van der Waals surface area contributed by atoms with Crippen molar-refractivity contribution in [2.45, 2.75) is 124 Å². The quantitative estimate of drug-likeness (QED) is 0.169. The van der Waals surface area contributed by atoms with Gasteiger partial charge in [0.25, 0.3) is 0 Å². The number of hydrogen-bond donors (Lipinski definition) is 0. The van der Waals surface area contributed by atoms with Crippen molar-refractivity contribution in [1.82, 2.24) is 0 Å². The monoisotopic (exact) mass is 448 g/mol. The van der Waals surface area contributed by atoms with Gasteiger partial charge in [-0.25, -0.2) is 0 Å². The molecular formula is C21H44O2Sn. The molecule has 144 valence electrons. The zero-order valence-electron chi connectivity index (χ0n) is 17.1. The summed E-state index contributed by atoms with van der Waals surface area (Å²) in [4.78, 5) is 12.5.